The van der Waals surface area contributed by atoms with E-state index in [4.69, 9.17) is 10.5 Å². The molecule has 9 nitrogen and oxygen atoms in total. The number of carbonyl (C=O) groups excluding carboxylic acids is 1. The number of ether oxygens (including phenoxy) is 1. The lowest BCUT2D eigenvalue weighted by molar-refractivity contribution is -0.384. The molecule has 0 atom stereocenters. The van der Waals surface area contributed by atoms with E-state index in [1.807, 2.05) is 25.7 Å². The molecular weight excluding hydrogens is 314 g/mol. The van der Waals surface area contributed by atoms with Gasteiger partial charge in [-0.25, -0.2) is 9.78 Å². The average Bonchev–Trinajstić information content (AvgIpc) is 2.70. The number of pyridine rings is 1. The summed E-state index contributed by atoms with van der Waals surface area (Å²) < 4.78 is 5.39. The Hall–Kier alpha value is -2.58. The fraction of sp³-hybridized carbons (Fsp3) is 0.600. The van der Waals surface area contributed by atoms with Crippen molar-refractivity contribution >= 4 is 23.4 Å². The van der Waals surface area contributed by atoms with Crippen LogP contribution in [0.4, 0.5) is 22.1 Å². The van der Waals surface area contributed by atoms with Crippen molar-refractivity contribution in [3.8, 4) is 0 Å². The molecule has 0 unspecified atom stereocenters. The second kappa shape index (κ2) is 6.90. The summed E-state index contributed by atoms with van der Waals surface area (Å²) in [4.78, 5) is 30.2. The molecule has 0 bridgehead atoms. The highest BCUT2D eigenvalue weighted by Gasteiger charge is 2.25. The van der Waals surface area contributed by atoms with E-state index in [1.165, 1.54) is 6.07 Å². The van der Waals surface area contributed by atoms with Gasteiger partial charge in [-0.15, -0.1) is 0 Å². The number of nitro groups is 1. The Balaban J connectivity index is 2.04. The smallest absolute Gasteiger partial charge is 0.410 e. The number of nitrogens with zero attached hydrogens (tertiary/aromatic N) is 4. The summed E-state index contributed by atoms with van der Waals surface area (Å²) in [5.74, 6) is 0.467. The minimum atomic E-state index is -0.557. The van der Waals surface area contributed by atoms with Gasteiger partial charge in [0.2, 0.25) is 5.82 Å². The van der Waals surface area contributed by atoms with Crippen LogP contribution >= 0.6 is 0 Å². The van der Waals surface area contributed by atoms with Gasteiger partial charge in [-0.1, -0.05) is 0 Å². The number of nitrogens with two attached hydrogens (primary N) is 1. The average molecular weight is 337 g/mol. The number of amides is 1. The van der Waals surface area contributed by atoms with Crippen LogP contribution in [0.1, 0.15) is 27.2 Å². The molecule has 24 heavy (non-hydrogen) atoms. The summed E-state index contributed by atoms with van der Waals surface area (Å²) >= 11 is 0. The van der Waals surface area contributed by atoms with Crippen LogP contribution in [0.15, 0.2) is 12.1 Å². The highest BCUT2D eigenvalue weighted by atomic mass is 16.6. The molecule has 0 spiro atoms. The third-order valence-electron chi connectivity index (χ3n) is 3.56. The molecule has 1 aliphatic rings. The minimum absolute atomic E-state index is 0.106. The molecule has 0 aliphatic carbocycles. The largest absolute Gasteiger partial charge is 0.444 e. The van der Waals surface area contributed by atoms with Crippen molar-refractivity contribution in [2.45, 2.75) is 32.8 Å². The van der Waals surface area contributed by atoms with Crippen LogP contribution < -0.4 is 10.6 Å². The van der Waals surface area contributed by atoms with Crippen LogP contribution in [0, 0.1) is 10.1 Å². The maximum atomic E-state index is 12.2. The lowest BCUT2D eigenvalue weighted by Gasteiger charge is -2.26. The maximum absolute atomic E-state index is 12.2. The van der Waals surface area contributed by atoms with E-state index >= 15 is 0 Å². The first-order valence-corrected chi connectivity index (χ1v) is 7.81. The number of carbonyl (C=O) groups is 1. The monoisotopic (exact) mass is 337 g/mol. The van der Waals surface area contributed by atoms with Gasteiger partial charge in [0.25, 0.3) is 0 Å². The zero-order chi connectivity index (χ0) is 17.9. The molecule has 0 saturated carbocycles. The Bertz CT molecular complexity index is 629. The predicted octanol–water partition coefficient (Wildman–Crippen LogP) is 2.02. The first-order valence-electron chi connectivity index (χ1n) is 7.81. The van der Waals surface area contributed by atoms with Gasteiger partial charge in [-0.3, -0.25) is 10.1 Å². The van der Waals surface area contributed by atoms with Gasteiger partial charge in [0.1, 0.15) is 11.4 Å². The number of rotatable bonds is 2. The molecule has 1 aromatic heterocycles. The number of nitrogen functional groups attached to an aromatic ring is 1. The third-order valence-corrected chi connectivity index (χ3v) is 3.56. The highest BCUT2D eigenvalue weighted by molar-refractivity contribution is 5.68. The third kappa shape index (κ3) is 4.46. The molecule has 2 rings (SSSR count). The highest BCUT2D eigenvalue weighted by Crippen LogP contribution is 2.24. The zero-order valence-corrected chi connectivity index (χ0v) is 14.2. The SMILES string of the molecule is CC(C)(C)OC(=O)N1CCCN(c2ccc([N+](=O)[O-])c(N)n2)CC1. The molecule has 1 fully saturated rings. The van der Waals surface area contributed by atoms with Crippen molar-refractivity contribution in [3.05, 3.63) is 22.2 Å². The molecule has 1 saturated heterocycles. The molecule has 0 radical (unpaired) electrons. The van der Waals surface area contributed by atoms with Crippen LogP contribution in [0.25, 0.3) is 0 Å². The van der Waals surface area contributed by atoms with E-state index in [0.29, 0.717) is 32.0 Å². The van der Waals surface area contributed by atoms with Crippen molar-refractivity contribution in [1.29, 1.82) is 0 Å². The molecule has 1 aliphatic heterocycles. The summed E-state index contributed by atoms with van der Waals surface area (Å²) in [6.07, 6.45) is 0.415. The Labute approximate surface area is 140 Å². The molecule has 0 aromatic carbocycles. The number of anilines is 2. The molecule has 2 N–H and O–H groups in total. The Morgan fingerprint density at radius 3 is 2.58 bits per heavy atom. The van der Waals surface area contributed by atoms with E-state index in [2.05, 4.69) is 4.98 Å². The molecule has 1 aromatic rings. The topological polar surface area (TPSA) is 115 Å². The lowest BCUT2D eigenvalue weighted by atomic mass is 10.2. The van der Waals surface area contributed by atoms with Gasteiger partial charge < -0.3 is 20.3 Å². The Morgan fingerprint density at radius 2 is 2.00 bits per heavy atom. The molecule has 1 amide bonds. The minimum Gasteiger partial charge on any atom is -0.444 e. The van der Waals surface area contributed by atoms with E-state index in [0.717, 1.165) is 6.42 Å². The van der Waals surface area contributed by atoms with Gasteiger partial charge in [-0.05, 0) is 33.3 Å². The summed E-state index contributed by atoms with van der Waals surface area (Å²) in [7, 11) is 0. The van der Waals surface area contributed by atoms with Crippen molar-refractivity contribution < 1.29 is 14.5 Å². The summed E-state index contributed by atoms with van der Waals surface area (Å²) in [6, 6.07) is 2.94. The molecule has 9 heteroatoms. The van der Waals surface area contributed by atoms with Crippen LogP contribution in [0.2, 0.25) is 0 Å². The van der Waals surface area contributed by atoms with E-state index in [1.54, 1.807) is 11.0 Å². The van der Waals surface area contributed by atoms with Gasteiger partial charge in [0, 0.05) is 32.2 Å². The lowest BCUT2D eigenvalue weighted by Crippen LogP contribution is -2.39. The van der Waals surface area contributed by atoms with E-state index in [-0.39, 0.29) is 17.6 Å². The second-order valence-electron chi connectivity index (χ2n) is 6.64. The van der Waals surface area contributed by atoms with Crippen LogP contribution in [0.5, 0.6) is 0 Å². The van der Waals surface area contributed by atoms with Crippen molar-refractivity contribution in [1.82, 2.24) is 9.88 Å². The predicted molar refractivity (Wildman–Crippen MR) is 89.9 cm³/mol. The molecular formula is C15H23N5O4. The Morgan fingerprint density at radius 1 is 1.29 bits per heavy atom. The van der Waals surface area contributed by atoms with Crippen LogP contribution in [-0.4, -0.2) is 52.7 Å². The van der Waals surface area contributed by atoms with Gasteiger partial charge >= 0.3 is 11.8 Å². The van der Waals surface area contributed by atoms with Crippen molar-refractivity contribution in [2.75, 3.05) is 36.8 Å². The molecule has 132 valence electrons. The van der Waals surface area contributed by atoms with Crippen LogP contribution in [-0.2, 0) is 4.74 Å². The van der Waals surface area contributed by atoms with Crippen LogP contribution in [0.3, 0.4) is 0 Å². The fourth-order valence-corrected chi connectivity index (χ4v) is 2.44. The number of aromatic nitrogens is 1. The second-order valence-corrected chi connectivity index (χ2v) is 6.64. The summed E-state index contributed by atoms with van der Waals surface area (Å²) in [5, 5.41) is 10.8. The quantitative estimate of drug-likeness (QED) is 0.648. The normalized spacial score (nSPS) is 15.8. The summed E-state index contributed by atoms with van der Waals surface area (Å²) in [5.41, 5.74) is 4.91. The van der Waals surface area contributed by atoms with E-state index in [9.17, 15) is 14.9 Å². The van der Waals surface area contributed by atoms with Crippen molar-refractivity contribution in [3.63, 3.8) is 0 Å². The first kappa shape index (κ1) is 17.8. The van der Waals surface area contributed by atoms with Gasteiger partial charge in [0.15, 0.2) is 0 Å². The zero-order valence-electron chi connectivity index (χ0n) is 14.2. The first-order chi connectivity index (χ1) is 11.2. The Kier molecular flexibility index (Phi) is 5.10. The molecule has 2 heterocycles. The van der Waals surface area contributed by atoms with E-state index < -0.39 is 10.5 Å². The number of hydrogen-bond donors (Lipinski definition) is 1. The fourth-order valence-electron chi connectivity index (χ4n) is 2.44. The summed E-state index contributed by atoms with van der Waals surface area (Å²) in [6.45, 7) is 7.82. The standard InChI is InChI=1S/C15H23N5O4/c1-15(2,3)24-14(21)19-8-4-7-18(9-10-19)12-6-5-11(20(22)23)13(16)17-12/h5-6H,4,7-10H2,1-3H3,(H2,16,17). The van der Waals surface area contributed by atoms with Crippen molar-refractivity contribution in [2.24, 2.45) is 0 Å². The van der Waals surface area contributed by atoms with Gasteiger partial charge in [-0.2, -0.15) is 0 Å². The number of hydrogen-bond acceptors (Lipinski definition) is 7. The maximum Gasteiger partial charge on any atom is 0.410 e. The van der Waals surface area contributed by atoms with Gasteiger partial charge in [0.05, 0.1) is 4.92 Å².